The third-order valence-corrected chi connectivity index (χ3v) is 22.8. The summed E-state index contributed by atoms with van der Waals surface area (Å²) in [4.78, 5) is 4.20. The molecule has 0 atom stereocenters. The first-order valence-electron chi connectivity index (χ1n) is 17.8. The van der Waals surface area contributed by atoms with Crippen molar-refractivity contribution in [2.24, 2.45) is 0 Å². The molecule has 0 amide bonds. The lowest BCUT2D eigenvalue weighted by Gasteiger charge is -2.38. The molecule has 0 aliphatic carbocycles. The van der Waals surface area contributed by atoms with Gasteiger partial charge < -0.3 is 9.80 Å². The maximum Gasteiger partial charge on any atom is 0.146 e. The summed E-state index contributed by atoms with van der Waals surface area (Å²) < 4.78 is 0. The van der Waals surface area contributed by atoms with E-state index < -0.39 is 16.1 Å². The molecule has 2 nitrogen and oxygen atoms in total. The van der Waals surface area contributed by atoms with Gasteiger partial charge in [-0.3, -0.25) is 0 Å². The lowest BCUT2D eigenvalue weighted by atomic mass is 10.1. The fourth-order valence-electron chi connectivity index (χ4n) is 7.48. The minimum absolute atomic E-state index is 0.511. The van der Waals surface area contributed by atoms with E-state index >= 15 is 0 Å². The Kier molecular flexibility index (Phi) is 15.0. The Morgan fingerprint density at radius 3 is 0.875 bits per heavy atom. The van der Waals surface area contributed by atoms with Crippen LogP contribution in [0.1, 0.15) is 94.2 Å². The highest BCUT2D eigenvalue weighted by molar-refractivity contribution is 6.91. The second-order valence-corrected chi connectivity index (χ2v) is 26.6. The molecule has 0 aliphatic rings. The standard InChI is InChI=1S/C44H62N2Si2/c1-33(2)47(34(3)4,35(5)6)31-29-41(23-17-39-19-25-43(26-20-39)45(13)14)42(24-18-40-21-27-44(28-22-40)46(15)16)30-32-48(36(7)8,37(9)10)38(11)12/h19-22,25-28,33-38H,1-16H3/b42-41-. The van der Waals surface area contributed by atoms with E-state index in [1.54, 1.807) is 0 Å². The van der Waals surface area contributed by atoms with Crippen molar-refractivity contribution >= 4 is 27.5 Å². The Balaban J connectivity index is 3.09. The van der Waals surface area contributed by atoms with Crippen molar-refractivity contribution < 1.29 is 0 Å². The number of hydrogen-bond acceptors (Lipinski definition) is 2. The van der Waals surface area contributed by atoms with Crippen molar-refractivity contribution in [3.8, 4) is 46.6 Å². The maximum absolute atomic E-state index is 3.95. The SMILES string of the molecule is CC(C)[Si](C#C/C(C#Cc1ccc(N(C)C)cc1)=C(/C#Cc1ccc(N(C)C)cc1)C#C[Si](C(C)C)(C(C)C)C(C)C)(C(C)C)C(C)C. The second-order valence-electron chi connectivity index (χ2n) is 15.4. The average molecular weight is 675 g/mol. The van der Waals surface area contributed by atoms with Gasteiger partial charge >= 0.3 is 0 Å². The van der Waals surface area contributed by atoms with Crippen molar-refractivity contribution in [3.63, 3.8) is 0 Å². The van der Waals surface area contributed by atoms with Crippen LogP contribution in [-0.2, 0) is 0 Å². The highest BCUT2D eigenvalue weighted by Crippen LogP contribution is 2.42. The summed E-state index contributed by atoms with van der Waals surface area (Å²) in [5.74, 6) is 21.4. The van der Waals surface area contributed by atoms with Gasteiger partial charge in [-0.15, -0.1) is 11.1 Å². The molecule has 0 unspecified atom stereocenters. The summed E-state index contributed by atoms with van der Waals surface area (Å²) in [5, 5.41) is 0. The molecular formula is C44H62N2Si2. The first-order chi connectivity index (χ1) is 22.4. The van der Waals surface area contributed by atoms with Crippen LogP contribution in [0.15, 0.2) is 59.7 Å². The fraction of sp³-hybridized carbons (Fsp3) is 0.500. The normalized spacial score (nSPS) is 12.1. The number of anilines is 2. The average Bonchev–Trinajstić information content (AvgIpc) is 3.00. The fourth-order valence-corrected chi connectivity index (χ4v) is 17.9. The van der Waals surface area contributed by atoms with Gasteiger partial charge in [-0.1, -0.05) is 119 Å². The molecule has 0 radical (unpaired) electrons. The minimum Gasteiger partial charge on any atom is -0.378 e. The molecule has 0 fully saturated rings. The second kappa shape index (κ2) is 17.7. The van der Waals surface area contributed by atoms with Gasteiger partial charge in [0.25, 0.3) is 0 Å². The topological polar surface area (TPSA) is 6.48 Å². The quantitative estimate of drug-likeness (QED) is 0.203. The molecule has 0 saturated carbocycles. The van der Waals surface area contributed by atoms with Gasteiger partial charge in [0.2, 0.25) is 0 Å². The Bertz CT molecular complexity index is 1470. The first kappa shape index (κ1) is 40.6. The molecule has 2 rings (SSSR count). The van der Waals surface area contributed by atoms with Crippen molar-refractivity contribution in [1.29, 1.82) is 0 Å². The van der Waals surface area contributed by atoms with E-state index in [0.29, 0.717) is 33.2 Å². The zero-order valence-corrected chi connectivity index (χ0v) is 35.0. The van der Waals surface area contributed by atoms with Crippen LogP contribution in [0.25, 0.3) is 0 Å². The lowest BCUT2D eigenvalue weighted by Crippen LogP contribution is -2.43. The van der Waals surface area contributed by atoms with Gasteiger partial charge in [-0.05, 0) is 81.8 Å². The third-order valence-electron chi connectivity index (χ3n) is 10.2. The smallest absolute Gasteiger partial charge is 0.146 e. The molecule has 0 aliphatic heterocycles. The predicted octanol–water partition coefficient (Wildman–Crippen LogP) is 11.0. The molecule has 2 aromatic carbocycles. The summed E-state index contributed by atoms with van der Waals surface area (Å²) >= 11 is 0. The summed E-state index contributed by atoms with van der Waals surface area (Å²) in [6.45, 7) is 28.3. The van der Waals surface area contributed by atoms with Crippen molar-refractivity contribution in [2.45, 2.75) is 116 Å². The minimum atomic E-state index is -2.04. The van der Waals surface area contributed by atoms with Gasteiger partial charge in [0.05, 0.1) is 11.1 Å². The predicted molar refractivity (Wildman–Crippen MR) is 220 cm³/mol. The van der Waals surface area contributed by atoms with Crippen LogP contribution in [0.3, 0.4) is 0 Å². The highest BCUT2D eigenvalue weighted by Gasteiger charge is 2.42. The van der Waals surface area contributed by atoms with Gasteiger partial charge in [-0.2, -0.15) is 0 Å². The molecule has 0 bridgehead atoms. The van der Waals surface area contributed by atoms with E-state index in [1.807, 2.05) is 0 Å². The Morgan fingerprint density at radius 2 is 0.667 bits per heavy atom. The summed E-state index contributed by atoms with van der Waals surface area (Å²) in [6.07, 6.45) is 0. The summed E-state index contributed by atoms with van der Waals surface area (Å²) in [6, 6.07) is 16.8. The molecule has 0 aromatic heterocycles. The number of rotatable bonds is 8. The molecule has 0 spiro atoms. The van der Waals surface area contributed by atoms with E-state index in [4.69, 9.17) is 0 Å². The number of benzene rings is 2. The van der Waals surface area contributed by atoms with Gasteiger partial charge in [0.15, 0.2) is 0 Å². The van der Waals surface area contributed by atoms with Gasteiger partial charge in [0.1, 0.15) is 16.1 Å². The summed E-state index contributed by atoms with van der Waals surface area (Å²) in [5.41, 5.74) is 16.6. The zero-order valence-electron chi connectivity index (χ0n) is 33.0. The van der Waals surface area contributed by atoms with Gasteiger partial charge in [0, 0.05) is 50.7 Å². The van der Waals surface area contributed by atoms with Crippen LogP contribution >= 0.6 is 0 Å². The van der Waals surface area contributed by atoms with Crippen LogP contribution in [-0.4, -0.2) is 44.3 Å². The largest absolute Gasteiger partial charge is 0.378 e. The molecule has 2 aromatic rings. The van der Waals surface area contributed by atoms with Crippen LogP contribution in [0.4, 0.5) is 11.4 Å². The molecule has 4 heteroatoms. The number of nitrogens with zero attached hydrogens (tertiary/aromatic N) is 2. The lowest BCUT2D eigenvalue weighted by molar-refractivity contribution is 0.838. The molecule has 0 heterocycles. The van der Waals surface area contributed by atoms with E-state index in [-0.39, 0.29) is 0 Å². The number of allylic oxidation sites excluding steroid dienone is 2. The molecule has 0 saturated heterocycles. The third kappa shape index (κ3) is 9.76. The Labute approximate surface area is 298 Å². The molecule has 48 heavy (non-hydrogen) atoms. The monoisotopic (exact) mass is 674 g/mol. The van der Waals surface area contributed by atoms with Crippen molar-refractivity contribution in [3.05, 3.63) is 70.8 Å². The Hall–Kier alpha value is -3.55. The zero-order chi connectivity index (χ0) is 36.4. The Morgan fingerprint density at radius 1 is 0.417 bits per heavy atom. The van der Waals surface area contributed by atoms with Crippen LogP contribution < -0.4 is 9.80 Å². The summed E-state index contributed by atoms with van der Waals surface area (Å²) in [7, 11) is 4.13. The van der Waals surface area contributed by atoms with E-state index in [1.165, 1.54) is 0 Å². The molecular weight excluding hydrogens is 613 g/mol. The van der Waals surface area contributed by atoms with Crippen LogP contribution in [0, 0.1) is 46.6 Å². The maximum atomic E-state index is 3.95. The molecule has 0 N–H and O–H groups in total. The molecule has 256 valence electrons. The van der Waals surface area contributed by atoms with Crippen LogP contribution in [0.2, 0.25) is 33.2 Å². The number of hydrogen-bond donors (Lipinski definition) is 0. The van der Waals surface area contributed by atoms with E-state index in [9.17, 15) is 0 Å². The van der Waals surface area contributed by atoms with Gasteiger partial charge in [-0.25, -0.2) is 0 Å². The van der Waals surface area contributed by atoms with Crippen molar-refractivity contribution in [1.82, 2.24) is 0 Å². The van der Waals surface area contributed by atoms with E-state index in [2.05, 4.69) is 216 Å². The van der Waals surface area contributed by atoms with Crippen LogP contribution in [0.5, 0.6) is 0 Å². The highest BCUT2D eigenvalue weighted by atomic mass is 28.3. The van der Waals surface area contributed by atoms with E-state index in [0.717, 1.165) is 33.6 Å². The van der Waals surface area contributed by atoms with Crippen molar-refractivity contribution in [2.75, 3.05) is 38.0 Å². The first-order valence-corrected chi connectivity index (χ1v) is 22.3.